The van der Waals surface area contributed by atoms with Gasteiger partial charge in [0.1, 0.15) is 11.6 Å². The first-order valence-corrected chi connectivity index (χ1v) is 9.79. The van der Waals surface area contributed by atoms with E-state index in [4.69, 9.17) is 4.52 Å². The van der Waals surface area contributed by atoms with Crippen molar-refractivity contribution in [3.05, 3.63) is 64.6 Å². The van der Waals surface area contributed by atoms with Crippen molar-refractivity contribution in [1.29, 1.82) is 0 Å². The van der Waals surface area contributed by atoms with Gasteiger partial charge < -0.3 is 9.42 Å². The Labute approximate surface area is 168 Å². The third kappa shape index (κ3) is 3.52. The molecule has 1 aromatic carbocycles. The van der Waals surface area contributed by atoms with Crippen molar-refractivity contribution < 1.29 is 13.7 Å². The Kier molecular flexibility index (Phi) is 5.13. The predicted octanol–water partition coefficient (Wildman–Crippen LogP) is 4.56. The molecule has 3 aromatic rings. The van der Waals surface area contributed by atoms with E-state index < -0.39 is 5.82 Å². The number of amides is 1. The highest BCUT2D eigenvalue weighted by Gasteiger charge is 2.33. The van der Waals surface area contributed by atoms with Crippen molar-refractivity contribution >= 4 is 5.91 Å². The van der Waals surface area contributed by atoms with E-state index >= 15 is 0 Å². The Balaban J connectivity index is 1.80. The number of hydrogen-bond acceptors (Lipinski definition) is 5. The Morgan fingerprint density at radius 1 is 1.21 bits per heavy atom. The molecule has 29 heavy (non-hydrogen) atoms. The highest BCUT2D eigenvalue weighted by Crippen LogP contribution is 2.38. The van der Waals surface area contributed by atoms with Crippen LogP contribution in [0.5, 0.6) is 0 Å². The molecular formula is C22H23FN4O2. The molecule has 0 aliphatic carbocycles. The van der Waals surface area contributed by atoms with Crippen LogP contribution in [0.4, 0.5) is 4.39 Å². The van der Waals surface area contributed by atoms with Crippen molar-refractivity contribution in [2.75, 3.05) is 6.54 Å². The van der Waals surface area contributed by atoms with Crippen LogP contribution in [0.2, 0.25) is 0 Å². The summed E-state index contributed by atoms with van der Waals surface area (Å²) in [5.41, 5.74) is 3.25. The first-order chi connectivity index (χ1) is 14.0. The molecule has 0 unspecified atom stereocenters. The van der Waals surface area contributed by atoms with E-state index in [1.807, 2.05) is 20.8 Å². The zero-order valence-electron chi connectivity index (χ0n) is 16.8. The van der Waals surface area contributed by atoms with E-state index in [0.717, 1.165) is 41.8 Å². The van der Waals surface area contributed by atoms with Gasteiger partial charge in [0.15, 0.2) is 5.76 Å². The molecule has 0 radical (unpaired) electrons. The number of likely N-dealkylation sites (tertiary alicyclic amines) is 1. The fourth-order valence-electron chi connectivity index (χ4n) is 3.83. The number of rotatable bonds is 3. The van der Waals surface area contributed by atoms with Crippen LogP contribution in [0.1, 0.15) is 58.4 Å². The molecule has 1 fully saturated rings. The quantitative estimate of drug-likeness (QED) is 0.651. The fourth-order valence-corrected chi connectivity index (χ4v) is 3.83. The fraction of sp³-hybridized carbons (Fsp3) is 0.364. The average molecular weight is 394 g/mol. The number of aryl methyl sites for hydroxylation is 2. The average Bonchev–Trinajstić information content (AvgIpc) is 3.06. The number of carbonyl (C=O) groups excluding carboxylic acids is 1. The molecule has 0 N–H and O–H groups in total. The molecule has 1 atom stereocenters. The molecule has 0 spiro atoms. The summed E-state index contributed by atoms with van der Waals surface area (Å²) < 4.78 is 19.9. The second-order valence-corrected chi connectivity index (χ2v) is 7.43. The van der Waals surface area contributed by atoms with Crippen molar-refractivity contribution in [2.45, 2.75) is 46.1 Å². The smallest absolute Gasteiger partial charge is 0.257 e. The van der Waals surface area contributed by atoms with Crippen LogP contribution in [-0.4, -0.2) is 32.5 Å². The molecule has 1 aliphatic heterocycles. The van der Waals surface area contributed by atoms with Crippen LogP contribution < -0.4 is 0 Å². The van der Waals surface area contributed by atoms with Gasteiger partial charge in [0, 0.05) is 18.3 Å². The Morgan fingerprint density at radius 3 is 2.72 bits per heavy atom. The van der Waals surface area contributed by atoms with Gasteiger partial charge in [-0.05, 0) is 52.2 Å². The van der Waals surface area contributed by atoms with Crippen molar-refractivity contribution in [1.82, 2.24) is 20.0 Å². The molecular weight excluding hydrogens is 371 g/mol. The Morgan fingerprint density at radius 2 is 2.00 bits per heavy atom. The van der Waals surface area contributed by atoms with Gasteiger partial charge in [0.2, 0.25) is 0 Å². The van der Waals surface area contributed by atoms with Crippen LogP contribution in [0.25, 0.3) is 11.3 Å². The lowest BCUT2D eigenvalue weighted by Crippen LogP contribution is -2.39. The van der Waals surface area contributed by atoms with Crippen molar-refractivity contribution in [2.24, 2.45) is 0 Å². The summed E-state index contributed by atoms with van der Waals surface area (Å²) in [7, 11) is 0. The first kappa shape index (κ1) is 19.2. The molecule has 1 aliphatic rings. The molecule has 150 valence electrons. The maximum absolute atomic E-state index is 14.3. The van der Waals surface area contributed by atoms with Crippen molar-refractivity contribution in [3.63, 3.8) is 0 Å². The summed E-state index contributed by atoms with van der Waals surface area (Å²) in [5, 5.41) is 4.05. The molecule has 1 saturated heterocycles. The van der Waals surface area contributed by atoms with Gasteiger partial charge in [-0.15, -0.1) is 0 Å². The van der Waals surface area contributed by atoms with Gasteiger partial charge in [-0.1, -0.05) is 17.3 Å². The second-order valence-electron chi connectivity index (χ2n) is 7.43. The maximum Gasteiger partial charge on any atom is 0.257 e. The minimum Gasteiger partial charge on any atom is -0.356 e. The largest absolute Gasteiger partial charge is 0.356 e. The zero-order chi connectivity index (χ0) is 20.5. The summed E-state index contributed by atoms with van der Waals surface area (Å²) in [6.07, 6.45) is 4.31. The van der Waals surface area contributed by atoms with Gasteiger partial charge >= 0.3 is 0 Å². The van der Waals surface area contributed by atoms with Gasteiger partial charge in [-0.25, -0.2) is 14.4 Å². The normalized spacial score (nSPS) is 16.8. The molecule has 6 nitrogen and oxygen atoms in total. The maximum atomic E-state index is 14.3. The third-order valence-electron chi connectivity index (χ3n) is 5.52. The molecule has 0 saturated carbocycles. The Bertz CT molecular complexity index is 1060. The third-order valence-corrected chi connectivity index (χ3v) is 5.52. The second kappa shape index (κ2) is 7.73. The summed E-state index contributed by atoms with van der Waals surface area (Å²) in [5.74, 6) is 0.394. The summed E-state index contributed by atoms with van der Waals surface area (Å²) in [6, 6.07) is 5.82. The first-order valence-electron chi connectivity index (χ1n) is 9.79. The number of benzene rings is 1. The number of aromatic nitrogens is 3. The minimum absolute atomic E-state index is 0.0819. The topological polar surface area (TPSA) is 72.1 Å². The molecule has 1 amide bonds. The van der Waals surface area contributed by atoms with Crippen LogP contribution in [-0.2, 0) is 0 Å². The zero-order valence-corrected chi connectivity index (χ0v) is 16.8. The lowest BCUT2D eigenvalue weighted by Gasteiger charge is -2.36. The number of hydrogen-bond donors (Lipinski definition) is 0. The summed E-state index contributed by atoms with van der Waals surface area (Å²) in [4.78, 5) is 24.0. The summed E-state index contributed by atoms with van der Waals surface area (Å²) >= 11 is 0. The Hall–Kier alpha value is -3.09. The van der Waals surface area contributed by atoms with Gasteiger partial charge in [0.05, 0.1) is 28.6 Å². The van der Waals surface area contributed by atoms with Crippen molar-refractivity contribution in [3.8, 4) is 11.3 Å². The highest BCUT2D eigenvalue weighted by molar-refractivity contribution is 5.95. The SMILES string of the molecule is Cc1ncc(-c2onc(C)c2C)c([C@@H]2CCCCN2C(=O)c2ccccc2F)n1. The van der Waals surface area contributed by atoms with Crippen LogP contribution in [0.3, 0.4) is 0 Å². The van der Waals surface area contributed by atoms with Crippen LogP contribution >= 0.6 is 0 Å². The van der Waals surface area contributed by atoms with E-state index in [1.54, 1.807) is 23.2 Å². The lowest BCUT2D eigenvalue weighted by molar-refractivity contribution is 0.0601. The van der Waals surface area contributed by atoms with Gasteiger partial charge in [0.25, 0.3) is 5.91 Å². The molecule has 4 rings (SSSR count). The molecule has 0 bridgehead atoms. The van der Waals surface area contributed by atoms with E-state index in [-0.39, 0.29) is 17.5 Å². The van der Waals surface area contributed by atoms with Gasteiger partial charge in [-0.2, -0.15) is 0 Å². The molecule has 3 heterocycles. The predicted molar refractivity (Wildman–Crippen MR) is 106 cm³/mol. The van der Waals surface area contributed by atoms with Crippen LogP contribution in [0, 0.1) is 26.6 Å². The van der Waals surface area contributed by atoms with Gasteiger partial charge in [-0.3, -0.25) is 4.79 Å². The monoisotopic (exact) mass is 394 g/mol. The molecule has 2 aromatic heterocycles. The lowest BCUT2D eigenvalue weighted by atomic mass is 9.94. The standard InChI is InChI=1S/C22H23FN4O2/c1-13-14(2)26-29-21(13)17-12-24-15(3)25-20(17)19-10-6-7-11-27(19)22(28)16-8-4-5-9-18(16)23/h4-5,8-9,12,19H,6-7,10-11H2,1-3H3/t19-/m0/s1. The van der Waals surface area contributed by atoms with E-state index in [1.165, 1.54) is 12.1 Å². The number of nitrogens with zero attached hydrogens (tertiary/aromatic N) is 4. The summed E-state index contributed by atoms with van der Waals surface area (Å²) in [6.45, 7) is 6.19. The highest BCUT2D eigenvalue weighted by atomic mass is 19.1. The van der Waals surface area contributed by atoms with E-state index in [2.05, 4.69) is 15.1 Å². The minimum atomic E-state index is -0.511. The number of halogens is 1. The number of piperidine rings is 1. The van der Waals surface area contributed by atoms with E-state index in [0.29, 0.717) is 18.1 Å². The number of carbonyl (C=O) groups is 1. The molecule has 7 heteroatoms. The van der Waals surface area contributed by atoms with E-state index in [9.17, 15) is 9.18 Å². The van der Waals surface area contributed by atoms with Crippen LogP contribution in [0.15, 0.2) is 35.0 Å².